The molecule has 1 aliphatic heterocycles. The lowest BCUT2D eigenvalue weighted by Gasteiger charge is -2.26. The van der Waals surface area contributed by atoms with Gasteiger partial charge in [-0.15, -0.1) is 0 Å². The Morgan fingerprint density at radius 1 is 1.05 bits per heavy atom. The molecule has 37 heavy (non-hydrogen) atoms. The van der Waals surface area contributed by atoms with E-state index in [2.05, 4.69) is 20.9 Å². The Kier molecular flexibility index (Phi) is 7.89. The van der Waals surface area contributed by atoms with Crippen LogP contribution in [0.4, 0.5) is 0 Å². The van der Waals surface area contributed by atoms with Crippen molar-refractivity contribution in [2.24, 2.45) is 4.99 Å². The summed E-state index contributed by atoms with van der Waals surface area (Å²) in [6, 6.07) is 8.41. The zero-order valence-electron chi connectivity index (χ0n) is 21.4. The van der Waals surface area contributed by atoms with E-state index in [1.165, 1.54) is 32.7 Å². The summed E-state index contributed by atoms with van der Waals surface area (Å²) in [6.07, 6.45) is 2.08. The van der Waals surface area contributed by atoms with Gasteiger partial charge in [-0.1, -0.05) is 24.3 Å². The average molecular weight is 587 g/mol. The third-order valence-electron chi connectivity index (χ3n) is 6.12. The fourth-order valence-electron chi connectivity index (χ4n) is 4.37. The van der Waals surface area contributed by atoms with Crippen molar-refractivity contribution in [2.45, 2.75) is 26.3 Å². The minimum Gasteiger partial charge on any atom is -0.496 e. The number of fused-ring (bicyclic) bond motifs is 1. The molecule has 0 aliphatic carbocycles. The molecule has 10 heteroatoms. The van der Waals surface area contributed by atoms with Gasteiger partial charge in [-0.25, -0.2) is 4.99 Å². The lowest BCUT2D eigenvalue weighted by Crippen LogP contribution is -2.39. The van der Waals surface area contributed by atoms with Crippen LogP contribution >= 0.6 is 27.3 Å². The molecule has 8 nitrogen and oxygen atoms in total. The SMILES string of the molecule is CCC(=O)C1=C(C)N=c2s/c(=C\c3ccc(OC)c(Br)c3)c(=O)n2C1c1cc(OC)c(OC)c(OC)c1. The number of hydrogen-bond donors (Lipinski definition) is 0. The second-order valence-corrected chi connectivity index (χ2v) is 10.1. The van der Waals surface area contributed by atoms with E-state index in [9.17, 15) is 9.59 Å². The number of thiazole rings is 1. The highest BCUT2D eigenvalue weighted by Crippen LogP contribution is 2.42. The molecule has 2 aromatic carbocycles. The maximum Gasteiger partial charge on any atom is 0.271 e. The van der Waals surface area contributed by atoms with Crippen molar-refractivity contribution in [3.63, 3.8) is 0 Å². The minimum absolute atomic E-state index is 0.0895. The molecule has 0 amide bonds. The van der Waals surface area contributed by atoms with Gasteiger partial charge < -0.3 is 18.9 Å². The monoisotopic (exact) mass is 586 g/mol. The molecule has 1 unspecified atom stereocenters. The third-order valence-corrected chi connectivity index (χ3v) is 7.72. The first-order chi connectivity index (χ1) is 17.8. The summed E-state index contributed by atoms with van der Waals surface area (Å²) < 4.78 is 24.7. The van der Waals surface area contributed by atoms with Gasteiger partial charge in [0, 0.05) is 17.7 Å². The normalized spacial score (nSPS) is 15.2. The molecule has 0 saturated carbocycles. The number of aromatic nitrogens is 1. The van der Waals surface area contributed by atoms with Crippen LogP contribution in [0.1, 0.15) is 37.4 Å². The number of Topliss-reactive ketones (excluding diaryl/α,β-unsaturated/α-hetero) is 1. The van der Waals surface area contributed by atoms with Gasteiger partial charge in [0.05, 0.1) is 43.5 Å². The van der Waals surface area contributed by atoms with Crippen LogP contribution in [0.5, 0.6) is 23.0 Å². The predicted octanol–water partition coefficient (Wildman–Crippen LogP) is 4.01. The van der Waals surface area contributed by atoms with Crippen LogP contribution in [-0.2, 0) is 4.79 Å². The predicted molar refractivity (Wildman–Crippen MR) is 146 cm³/mol. The van der Waals surface area contributed by atoms with Crippen LogP contribution in [0.3, 0.4) is 0 Å². The summed E-state index contributed by atoms with van der Waals surface area (Å²) in [6.45, 7) is 3.59. The Bertz CT molecular complexity index is 1560. The van der Waals surface area contributed by atoms with Crippen molar-refractivity contribution in [1.29, 1.82) is 0 Å². The van der Waals surface area contributed by atoms with Crippen LogP contribution in [0, 0.1) is 0 Å². The van der Waals surface area contributed by atoms with Gasteiger partial charge in [0.25, 0.3) is 5.56 Å². The number of ether oxygens (including phenoxy) is 4. The molecule has 4 rings (SSSR count). The van der Waals surface area contributed by atoms with Crippen molar-refractivity contribution < 1.29 is 23.7 Å². The smallest absolute Gasteiger partial charge is 0.271 e. The zero-order chi connectivity index (χ0) is 26.9. The molecule has 2 heterocycles. The molecule has 1 aromatic heterocycles. The summed E-state index contributed by atoms with van der Waals surface area (Å²) in [4.78, 5) is 32.2. The Morgan fingerprint density at radius 2 is 1.70 bits per heavy atom. The van der Waals surface area contributed by atoms with Crippen LogP contribution in [-0.4, -0.2) is 38.8 Å². The van der Waals surface area contributed by atoms with Crippen molar-refractivity contribution in [3.05, 3.63) is 76.9 Å². The van der Waals surface area contributed by atoms with Crippen LogP contribution in [0.25, 0.3) is 6.08 Å². The molecular formula is C27H27BrN2O6S. The van der Waals surface area contributed by atoms with Crippen LogP contribution in [0.15, 0.2) is 55.9 Å². The Labute approximate surface area is 226 Å². The van der Waals surface area contributed by atoms with Crippen molar-refractivity contribution in [3.8, 4) is 23.0 Å². The lowest BCUT2D eigenvalue weighted by atomic mass is 9.91. The van der Waals surface area contributed by atoms with Crippen LogP contribution < -0.4 is 33.8 Å². The number of hydrogen-bond acceptors (Lipinski definition) is 8. The fourth-order valence-corrected chi connectivity index (χ4v) is 5.97. The second-order valence-electron chi connectivity index (χ2n) is 8.21. The van der Waals surface area contributed by atoms with Gasteiger partial charge in [0.2, 0.25) is 5.75 Å². The molecule has 0 radical (unpaired) electrons. The molecule has 0 fully saturated rings. The number of nitrogens with zero attached hydrogens (tertiary/aromatic N) is 2. The fraction of sp³-hybridized carbons (Fsp3) is 0.296. The number of halogens is 1. The number of carbonyl (C=O) groups is 1. The maximum absolute atomic E-state index is 13.8. The number of methoxy groups -OCH3 is 4. The van der Waals surface area contributed by atoms with E-state index in [1.807, 2.05) is 18.2 Å². The summed E-state index contributed by atoms with van der Waals surface area (Å²) in [5.41, 5.74) is 2.26. The highest BCUT2D eigenvalue weighted by molar-refractivity contribution is 9.10. The van der Waals surface area contributed by atoms with Crippen LogP contribution in [0.2, 0.25) is 0 Å². The van der Waals surface area contributed by atoms with E-state index >= 15 is 0 Å². The topological polar surface area (TPSA) is 88.4 Å². The Hall–Kier alpha value is -3.37. The molecule has 3 aromatic rings. The van der Waals surface area contributed by atoms with Crippen molar-refractivity contribution in [1.82, 2.24) is 4.57 Å². The average Bonchev–Trinajstić information content (AvgIpc) is 3.20. The maximum atomic E-state index is 13.8. The third kappa shape index (κ3) is 4.83. The van der Waals surface area contributed by atoms with E-state index in [-0.39, 0.29) is 17.8 Å². The van der Waals surface area contributed by atoms with E-state index in [0.717, 1.165) is 10.0 Å². The van der Waals surface area contributed by atoms with Crippen molar-refractivity contribution in [2.75, 3.05) is 28.4 Å². The van der Waals surface area contributed by atoms with Crippen molar-refractivity contribution >= 4 is 39.1 Å². The molecule has 0 saturated heterocycles. The first kappa shape index (κ1) is 26.7. The van der Waals surface area contributed by atoms with E-state index < -0.39 is 6.04 Å². The summed E-state index contributed by atoms with van der Waals surface area (Å²) in [5.74, 6) is 1.89. The number of allylic oxidation sites excluding steroid dienone is 2. The quantitative estimate of drug-likeness (QED) is 0.396. The molecule has 0 spiro atoms. The summed E-state index contributed by atoms with van der Waals surface area (Å²) in [5, 5.41) is 0. The van der Waals surface area contributed by atoms with Gasteiger partial charge in [-0.3, -0.25) is 14.2 Å². The largest absolute Gasteiger partial charge is 0.496 e. The van der Waals surface area contributed by atoms with E-state index in [4.69, 9.17) is 18.9 Å². The molecular weight excluding hydrogens is 560 g/mol. The van der Waals surface area contributed by atoms with Gasteiger partial charge in [-0.05, 0) is 64.3 Å². The van der Waals surface area contributed by atoms with Gasteiger partial charge in [-0.2, -0.15) is 0 Å². The molecule has 1 aliphatic rings. The summed E-state index contributed by atoms with van der Waals surface area (Å²) in [7, 11) is 6.17. The first-order valence-corrected chi connectivity index (χ1v) is 13.1. The lowest BCUT2D eigenvalue weighted by molar-refractivity contribution is -0.115. The molecule has 194 valence electrons. The number of benzene rings is 2. The minimum atomic E-state index is -0.706. The van der Waals surface area contributed by atoms with E-state index in [0.29, 0.717) is 49.2 Å². The zero-order valence-corrected chi connectivity index (χ0v) is 23.8. The number of rotatable bonds is 8. The first-order valence-electron chi connectivity index (χ1n) is 11.5. The standard InChI is InChI=1S/C27H27BrN2O6S/c1-7-18(31)23-14(2)29-27-30(24(23)16-12-20(34-4)25(36-6)21(13-16)35-5)26(32)22(37-27)11-15-8-9-19(33-3)17(28)10-15/h8-13,24H,7H2,1-6H3/b22-11-. The van der Waals surface area contributed by atoms with E-state index in [1.54, 1.807) is 43.7 Å². The highest BCUT2D eigenvalue weighted by Gasteiger charge is 2.33. The van der Waals surface area contributed by atoms with Gasteiger partial charge in [0.15, 0.2) is 22.1 Å². The highest BCUT2D eigenvalue weighted by atomic mass is 79.9. The number of ketones is 1. The summed E-state index contributed by atoms with van der Waals surface area (Å²) >= 11 is 4.77. The second kappa shape index (κ2) is 10.9. The van der Waals surface area contributed by atoms with Gasteiger partial charge in [0.1, 0.15) is 5.75 Å². The Balaban J connectivity index is 2.00. The molecule has 0 N–H and O–H groups in total. The molecule has 1 atom stereocenters. The Morgan fingerprint density at radius 3 is 2.24 bits per heavy atom. The van der Waals surface area contributed by atoms with Gasteiger partial charge >= 0.3 is 0 Å². The molecule has 0 bridgehead atoms. The number of carbonyl (C=O) groups excluding carboxylic acids is 1.